The molecule has 1 aliphatic rings. The molecule has 8 nitrogen and oxygen atoms in total. The SMILES string of the molecule is CCC(O)(CC)CCCCN(C)C(=O)C1=C(N(C)C=O)NCN1CCO. The summed E-state index contributed by atoms with van der Waals surface area (Å²) in [5.41, 5.74) is -0.215. The van der Waals surface area contributed by atoms with Crippen molar-refractivity contribution >= 4 is 12.3 Å². The molecule has 1 aliphatic heterocycles. The van der Waals surface area contributed by atoms with Crippen molar-refractivity contribution in [1.82, 2.24) is 20.0 Å². The Morgan fingerprint density at radius 1 is 1.31 bits per heavy atom. The minimum Gasteiger partial charge on any atom is -0.395 e. The van der Waals surface area contributed by atoms with Crippen LogP contribution >= 0.6 is 0 Å². The van der Waals surface area contributed by atoms with Crippen molar-refractivity contribution in [3.8, 4) is 0 Å². The van der Waals surface area contributed by atoms with Crippen LogP contribution in [0.4, 0.5) is 0 Å². The standard InChI is InChI=1S/C18H34N4O4/c1-5-18(26,6-2)9-7-8-10-20(3)17(25)15-16(21(4)14-24)19-13-22(15)11-12-23/h14,19,23,26H,5-13H2,1-4H3. The smallest absolute Gasteiger partial charge is 0.273 e. The van der Waals surface area contributed by atoms with E-state index in [0.717, 1.165) is 32.1 Å². The summed E-state index contributed by atoms with van der Waals surface area (Å²) in [6.07, 6.45) is 4.47. The molecule has 0 aromatic rings. The monoisotopic (exact) mass is 370 g/mol. The van der Waals surface area contributed by atoms with Crippen molar-refractivity contribution in [1.29, 1.82) is 0 Å². The Balaban J connectivity index is 2.70. The summed E-state index contributed by atoms with van der Waals surface area (Å²) in [5, 5.41) is 22.6. The number of aliphatic hydroxyl groups excluding tert-OH is 1. The highest BCUT2D eigenvalue weighted by Crippen LogP contribution is 2.22. The number of amides is 2. The summed E-state index contributed by atoms with van der Waals surface area (Å²) < 4.78 is 0. The quantitative estimate of drug-likeness (QED) is 0.337. The topological polar surface area (TPSA) is 96.3 Å². The van der Waals surface area contributed by atoms with Crippen molar-refractivity contribution in [3.63, 3.8) is 0 Å². The Bertz CT molecular complexity index is 505. The Morgan fingerprint density at radius 2 is 1.96 bits per heavy atom. The first kappa shape index (κ1) is 22.2. The highest BCUT2D eigenvalue weighted by Gasteiger charge is 2.31. The van der Waals surface area contributed by atoms with Gasteiger partial charge in [0.1, 0.15) is 11.5 Å². The average Bonchev–Trinajstić information content (AvgIpc) is 3.07. The van der Waals surface area contributed by atoms with E-state index in [-0.39, 0.29) is 12.5 Å². The van der Waals surface area contributed by atoms with Crippen LogP contribution in [-0.4, -0.2) is 83.3 Å². The number of carbonyl (C=O) groups is 2. The summed E-state index contributed by atoms with van der Waals surface area (Å²) in [7, 11) is 3.32. The number of unbranched alkanes of at least 4 members (excludes halogenated alkanes) is 1. The summed E-state index contributed by atoms with van der Waals surface area (Å²) >= 11 is 0. The molecule has 0 aromatic heterocycles. The van der Waals surface area contributed by atoms with Crippen molar-refractivity contribution in [2.75, 3.05) is 40.5 Å². The number of rotatable bonds is 12. The van der Waals surface area contributed by atoms with Crippen LogP contribution < -0.4 is 5.32 Å². The number of nitrogens with one attached hydrogen (secondary N) is 1. The van der Waals surface area contributed by atoms with Crippen LogP contribution in [0.3, 0.4) is 0 Å². The van der Waals surface area contributed by atoms with Crippen molar-refractivity contribution in [2.24, 2.45) is 0 Å². The molecule has 0 aromatic carbocycles. The second kappa shape index (κ2) is 10.4. The second-order valence-electron chi connectivity index (χ2n) is 6.85. The van der Waals surface area contributed by atoms with Gasteiger partial charge < -0.3 is 30.2 Å². The molecular formula is C18H34N4O4. The number of carbonyl (C=O) groups excluding carboxylic acids is 2. The van der Waals surface area contributed by atoms with Crippen molar-refractivity contribution in [3.05, 3.63) is 11.5 Å². The molecule has 0 aliphatic carbocycles. The van der Waals surface area contributed by atoms with E-state index in [4.69, 9.17) is 0 Å². The molecule has 1 heterocycles. The molecule has 8 heteroatoms. The van der Waals surface area contributed by atoms with Gasteiger partial charge in [-0.05, 0) is 32.1 Å². The number of aliphatic hydroxyl groups is 2. The van der Waals surface area contributed by atoms with Crippen molar-refractivity contribution < 1.29 is 19.8 Å². The average molecular weight is 370 g/mol. The van der Waals surface area contributed by atoms with Gasteiger partial charge in [0.15, 0.2) is 0 Å². The molecule has 2 amide bonds. The first-order chi connectivity index (χ1) is 12.3. The van der Waals surface area contributed by atoms with Gasteiger partial charge in [0.2, 0.25) is 6.41 Å². The molecule has 0 atom stereocenters. The summed E-state index contributed by atoms with van der Waals surface area (Å²) in [6, 6.07) is 0. The van der Waals surface area contributed by atoms with Gasteiger partial charge in [-0.3, -0.25) is 9.59 Å². The van der Waals surface area contributed by atoms with E-state index in [1.165, 1.54) is 4.90 Å². The number of hydrogen-bond donors (Lipinski definition) is 3. The zero-order valence-corrected chi connectivity index (χ0v) is 16.5. The Kier molecular flexibility index (Phi) is 8.87. The molecule has 1 rings (SSSR count). The number of hydrogen-bond acceptors (Lipinski definition) is 6. The fourth-order valence-corrected chi connectivity index (χ4v) is 3.06. The molecule has 26 heavy (non-hydrogen) atoms. The van der Waals surface area contributed by atoms with Crippen LogP contribution in [-0.2, 0) is 9.59 Å². The van der Waals surface area contributed by atoms with Crippen LogP contribution in [0.25, 0.3) is 0 Å². The highest BCUT2D eigenvalue weighted by atomic mass is 16.3. The first-order valence-corrected chi connectivity index (χ1v) is 9.33. The molecule has 0 bridgehead atoms. The molecular weight excluding hydrogens is 336 g/mol. The summed E-state index contributed by atoms with van der Waals surface area (Å²) in [5.74, 6) is 0.269. The maximum absolute atomic E-state index is 12.9. The molecule has 0 radical (unpaired) electrons. The third-order valence-electron chi connectivity index (χ3n) is 5.11. The molecule has 0 saturated heterocycles. The predicted octanol–water partition coefficient (Wildman–Crippen LogP) is 0.279. The normalized spacial score (nSPS) is 14.5. The third-order valence-corrected chi connectivity index (χ3v) is 5.11. The van der Waals surface area contributed by atoms with Crippen LogP contribution in [0.2, 0.25) is 0 Å². The highest BCUT2D eigenvalue weighted by molar-refractivity contribution is 5.94. The van der Waals surface area contributed by atoms with Crippen LogP contribution in [0.15, 0.2) is 11.5 Å². The van der Waals surface area contributed by atoms with Gasteiger partial charge in [-0.15, -0.1) is 0 Å². The van der Waals surface area contributed by atoms with Gasteiger partial charge in [-0.25, -0.2) is 0 Å². The lowest BCUT2D eigenvalue weighted by Gasteiger charge is -2.27. The minimum atomic E-state index is -0.613. The molecule has 0 unspecified atom stereocenters. The summed E-state index contributed by atoms with van der Waals surface area (Å²) in [4.78, 5) is 28.7. The Labute approximate surface area is 156 Å². The van der Waals surface area contributed by atoms with E-state index >= 15 is 0 Å². The van der Waals surface area contributed by atoms with Crippen LogP contribution in [0.1, 0.15) is 46.0 Å². The fourth-order valence-electron chi connectivity index (χ4n) is 3.06. The van der Waals surface area contributed by atoms with Gasteiger partial charge in [0, 0.05) is 27.2 Å². The van der Waals surface area contributed by atoms with E-state index in [9.17, 15) is 19.8 Å². The maximum atomic E-state index is 12.9. The maximum Gasteiger partial charge on any atom is 0.273 e. The molecule has 0 spiro atoms. The molecule has 150 valence electrons. The number of nitrogens with zero attached hydrogens (tertiary/aromatic N) is 3. The van der Waals surface area contributed by atoms with E-state index in [0.29, 0.717) is 37.7 Å². The Morgan fingerprint density at radius 3 is 2.50 bits per heavy atom. The third kappa shape index (κ3) is 5.60. The van der Waals surface area contributed by atoms with Gasteiger partial charge in [-0.2, -0.15) is 0 Å². The molecule has 3 N–H and O–H groups in total. The van der Waals surface area contributed by atoms with E-state index in [1.807, 2.05) is 13.8 Å². The van der Waals surface area contributed by atoms with E-state index < -0.39 is 5.60 Å². The zero-order chi connectivity index (χ0) is 19.7. The van der Waals surface area contributed by atoms with Gasteiger partial charge >= 0.3 is 0 Å². The predicted molar refractivity (Wildman–Crippen MR) is 99.7 cm³/mol. The summed E-state index contributed by atoms with van der Waals surface area (Å²) in [6.45, 7) is 5.16. The fraction of sp³-hybridized carbons (Fsp3) is 0.778. The number of likely N-dealkylation sites (N-methyl/N-ethyl adjacent to an activating group) is 1. The zero-order valence-electron chi connectivity index (χ0n) is 16.5. The van der Waals surface area contributed by atoms with E-state index in [2.05, 4.69) is 5.32 Å². The van der Waals surface area contributed by atoms with Gasteiger partial charge in [0.25, 0.3) is 5.91 Å². The molecule has 0 fully saturated rings. The lowest BCUT2D eigenvalue weighted by molar-refractivity contribution is -0.127. The largest absolute Gasteiger partial charge is 0.395 e. The van der Waals surface area contributed by atoms with Crippen molar-refractivity contribution in [2.45, 2.75) is 51.6 Å². The lowest BCUT2D eigenvalue weighted by Crippen LogP contribution is -2.37. The van der Waals surface area contributed by atoms with Gasteiger partial charge in [-0.1, -0.05) is 13.8 Å². The second-order valence-corrected chi connectivity index (χ2v) is 6.85. The van der Waals surface area contributed by atoms with E-state index in [1.54, 1.807) is 23.9 Å². The van der Waals surface area contributed by atoms with Gasteiger partial charge in [0.05, 0.1) is 18.9 Å². The van der Waals surface area contributed by atoms with Crippen LogP contribution in [0, 0.1) is 0 Å². The first-order valence-electron chi connectivity index (χ1n) is 9.33. The molecule has 0 saturated carbocycles. The lowest BCUT2D eigenvalue weighted by atomic mass is 9.91. The number of β-amino-alcohol motifs (C(OH)–C–C–N with tert-alkyl or cyclic N) is 1. The minimum absolute atomic E-state index is 0.0765. The van der Waals surface area contributed by atoms with Crippen LogP contribution in [0.5, 0.6) is 0 Å². The Hall–Kier alpha value is -1.80.